The molecule has 3 rings (SSSR count). The van der Waals surface area contributed by atoms with E-state index in [0.717, 1.165) is 11.1 Å². The molecular formula is C20H16FNO. The van der Waals surface area contributed by atoms with Crippen molar-refractivity contribution >= 4 is 5.91 Å². The summed E-state index contributed by atoms with van der Waals surface area (Å²) in [6, 6.07) is 23.6. The Bertz CT molecular complexity index is 815. The molecule has 0 saturated heterocycles. The van der Waals surface area contributed by atoms with Crippen molar-refractivity contribution in [2.24, 2.45) is 0 Å². The molecule has 0 radical (unpaired) electrons. The van der Waals surface area contributed by atoms with Gasteiger partial charge in [-0.2, -0.15) is 0 Å². The van der Waals surface area contributed by atoms with Gasteiger partial charge in [-0.25, -0.2) is 4.39 Å². The van der Waals surface area contributed by atoms with Crippen LogP contribution in [0, 0.1) is 5.82 Å². The Morgan fingerprint density at radius 1 is 0.826 bits per heavy atom. The lowest BCUT2D eigenvalue weighted by atomic mass is 9.99. The Hall–Kier alpha value is -2.94. The van der Waals surface area contributed by atoms with Crippen LogP contribution in [0.25, 0.3) is 11.1 Å². The molecule has 1 amide bonds. The van der Waals surface area contributed by atoms with Crippen molar-refractivity contribution in [3.63, 3.8) is 0 Å². The van der Waals surface area contributed by atoms with Crippen molar-refractivity contribution < 1.29 is 9.18 Å². The first kappa shape index (κ1) is 15.0. The molecule has 0 aliphatic heterocycles. The van der Waals surface area contributed by atoms with Crippen LogP contribution < -0.4 is 5.32 Å². The maximum Gasteiger partial charge on any atom is 0.252 e. The molecule has 23 heavy (non-hydrogen) atoms. The van der Waals surface area contributed by atoms with Gasteiger partial charge in [-0.05, 0) is 23.3 Å². The Balaban J connectivity index is 1.82. The Kier molecular flexibility index (Phi) is 4.48. The summed E-state index contributed by atoms with van der Waals surface area (Å²) in [6.07, 6.45) is 0. The maximum absolute atomic E-state index is 13.6. The monoisotopic (exact) mass is 305 g/mol. The molecular weight excluding hydrogens is 289 g/mol. The van der Waals surface area contributed by atoms with Gasteiger partial charge in [0.05, 0.1) is 0 Å². The van der Waals surface area contributed by atoms with Crippen molar-refractivity contribution in [2.45, 2.75) is 6.54 Å². The molecule has 2 nitrogen and oxygen atoms in total. The third kappa shape index (κ3) is 3.46. The van der Waals surface area contributed by atoms with Gasteiger partial charge < -0.3 is 5.32 Å². The molecule has 0 atom stereocenters. The van der Waals surface area contributed by atoms with E-state index in [0.29, 0.717) is 11.1 Å². The Morgan fingerprint density at radius 2 is 1.48 bits per heavy atom. The highest BCUT2D eigenvalue weighted by atomic mass is 19.1. The van der Waals surface area contributed by atoms with Gasteiger partial charge in [-0.1, -0.05) is 66.7 Å². The van der Waals surface area contributed by atoms with Gasteiger partial charge in [0.1, 0.15) is 5.82 Å². The van der Waals surface area contributed by atoms with Gasteiger partial charge in [-0.3, -0.25) is 4.79 Å². The first-order valence-electron chi connectivity index (χ1n) is 7.42. The largest absolute Gasteiger partial charge is 0.348 e. The summed E-state index contributed by atoms with van der Waals surface area (Å²) in [5.41, 5.74) is 2.89. The van der Waals surface area contributed by atoms with Crippen LogP contribution in [-0.2, 0) is 6.54 Å². The highest BCUT2D eigenvalue weighted by Gasteiger charge is 2.12. The van der Waals surface area contributed by atoms with Gasteiger partial charge in [0.2, 0.25) is 0 Å². The lowest BCUT2D eigenvalue weighted by Gasteiger charge is -2.11. The summed E-state index contributed by atoms with van der Waals surface area (Å²) in [5, 5.41) is 2.79. The van der Waals surface area contributed by atoms with Crippen molar-refractivity contribution in [2.75, 3.05) is 0 Å². The molecule has 1 N–H and O–H groups in total. The summed E-state index contributed by atoms with van der Waals surface area (Å²) in [4.78, 5) is 12.5. The van der Waals surface area contributed by atoms with Crippen LogP contribution >= 0.6 is 0 Å². The van der Waals surface area contributed by atoms with Crippen LogP contribution in [0.4, 0.5) is 4.39 Å². The third-order valence-electron chi connectivity index (χ3n) is 3.65. The van der Waals surface area contributed by atoms with Crippen molar-refractivity contribution in [3.8, 4) is 11.1 Å². The topological polar surface area (TPSA) is 29.1 Å². The minimum Gasteiger partial charge on any atom is -0.348 e. The molecule has 3 aromatic rings. The van der Waals surface area contributed by atoms with Gasteiger partial charge >= 0.3 is 0 Å². The van der Waals surface area contributed by atoms with E-state index in [4.69, 9.17) is 0 Å². The highest BCUT2D eigenvalue weighted by Crippen LogP contribution is 2.23. The fourth-order valence-corrected chi connectivity index (χ4v) is 2.46. The zero-order valence-corrected chi connectivity index (χ0v) is 12.5. The van der Waals surface area contributed by atoms with Crippen LogP contribution in [0.5, 0.6) is 0 Å². The molecule has 0 saturated carbocycles. The van der Waals surface area contributed by atoms with Crippen molar-refractivity contribution in [1.82, 2.24) is 5.32 Å². The molecule has 3 aromatic carbocycles. The Morgan fingerprint density at radius 3 is 2.26 bits per heavy atom. The van der Waals surface area contributed by atoms with Crippen LogP contribution in [0.15, 0.2) is 78.9 Å². The SMILES string of the molecule is O=C(NCc1ccccc1F)c1ccccc1-c1ccccc1. The molecule has 0 heterocycles. The van der Waals surface area contributed by atoms with E-state index in [1.54, 1.807) is 24.3 Å². The van der Waals surface area contributed by atoms with Crippen molar-refractivity contribution in [1.29, 1.82) is 0 Å². The van der Waals surface area contributed by atoms with Crippen LogP contribution in [0.2, 0.25) is 0 Å². The zero-order valence-electron chi connectivity index (χ0n) is 12.5. The molecule has 0 aliphatic rings. The van der Waals surface area contributed by atoms with Crippen LogP contribution in [0.3, 0.4) is 0 Å². The maximum atomic E-state index is 13.6. The second-order valence-corrected chi connectivity index (χ2v) is 5.19. The minimum atomic E-state index is -0.316. The van der Waals surface area contributed by atoms with Crippen LogP contribution in [0.1, 0.15) is 15.9 Å². The number of hydrogen-bond donors (Lipinski definition) is 1. The summed E-state index contributed by atoms with van der Waals surface area (Å²) < 4.78 is 13.6. The molecule has 0 aliphatic carbocycles. The molecule has 0 fully saturated rings. The second kappa shape index (κ2) is 6.88. The lowest BCUT2D eigenvalue weighted by Crippen LogP contribution is -2.23. The number of halogens is 1. The third-order valence-corrected chi connectivity index (χ3v) is 3.65. The van der Waals surface area contributed by atoms with Gasteiger partial charge in [-0.15, -0.1) is 0 Å². The summed E-state index contributed by atoms with van der Waals surface area (Å²) in [7, 11) is 0. The molecule has 3 heteroatoms. The first-order chi connectivity index (χ1) is 11.3. The average Bonchev–Trinajstić information content (AvgIpc) is 2.61. The fraction of sp³-hybridized carbons (Fsp3) is 0.0500. The normalized spacial score (nSPS) is 10.3. The van der Waals surface area contributed by atoms with E-state index in [1.165, 1.54) is 6.07 Å². The minimum absolute atomic E-state index is 0.161. The van der Waals surface area contributed by atoms with Gasteiger partial charge in [0.25, 0.3) is 5.91 Å². The van der Waals surface area contributed by atoms with E-state index < -0.39 is 0 Å². The van der Waals surface area contributed by atoms with Crippen molar-refractivity contribution in [3.05, 3.63) is 95.8 Å². The lowest BCUT2D eigenvalue weighted by molar-refractivity contribution is 0.0951. The molecule has 114 valence electrons. The Labute approximate surface area is 134 Å². The quantitative estimate of drug-likeness (QED) is 0.759. The summed E-state index contributed by atoms with van der Waals surface area (Å²) >= 11 is 0. The molecule has 0 spiro atoms. The van der Waals surface area contributed by atoms with Gasteiger partial charge in [0, 0.05) is 17.7 Å². The number of nitrogens with one attached hydrogen (secondary N) is 1. The second-order valence-electron chi connectivity index (χ2n) is 5.19. The van der Waals surface area contributed by atoms with E-state index >= 15 is 0 Å². The first-order valence-corrected chi connectivity index (χ1v) is 7.42. The highest BCUT2D eigenvalue weighted by molar-refractivity contribution is 6.00. The molecule has 0 unspecified atom stereocenters. The van der Waals surface area contributed by atoms with Crippen LogP contribution in [-0.4, -0.2) is 5.91 Å². The number of carbonyl (C=O) groups is 1. The average molecular weight is 305 g/mol. The fourth-order valence-electron chi connectivity index (χ4n) is 2.46. The standard InChI is InChI=1S/C20H16FNO/c21-19-13-7-4-10-16(19)14-22-20(23)18-12-6-5-11-17(18)15-8-2-1-3-9-15/h1-13H,14H2,(H,22,23). The van der Waals surface area contributed by atoms with E-state index in [9.17, 15) is 9.18 Å². The number of carbonyl (C=O) groups excluding carboxylic acids is 1. The predicted molar refractivity (Wildman–Crippen MR) is 89.4 cm³/mol. The molecule has 0 aromatic heterocycles. The summed E-state index contributed by atoms with van der Waals surface area (Å²) in [6.45, 7) is 0.161. The molecule has 0 bridgehead atoms. The van der Waals surface area contributed by atoms with E-state index in [-0.39, 0.29) is 18.3 Å². The van der Waals surface area contributed by atoms with E-state index in [1.807, 2.05) is 48.5 Å². The smallest absolute Gasteiger partial charge is 0.252 e. The van der Waals surface area contributed by atoms with E-state index in [2.05, 4.69) is 5.32 Å². The predicted octanol–water partition coefficient (Wildman–Crippen LogP) is 4.42. The zero-order chi connectivity index (χ0) is 16.1. The number of rotatable bonds is 4. The number of benzene rings is 3. The summed E-state index contributed by atoms with van der Waals surface area (Å²) in [5.74, 6) is -0.531. The number of hydrogen-bond acceptors (Lipinski definition) is 1. The van der Waals surface area contributed by atoms with Gasteiger partial charge in [0.15, 0.2) is 0 Å². The number of amides is 1.